The second-order valence-corrected chi connectivity index (χ2v) is 3.39. The normalized spacial score (nSPS) is 10.3. The van der Waals surface area contributed by atoms with Crippen LogP contribution in [0.5, 0.6) is 5.75 Å². The predicted octanol–water partition coefficient (Wildman–Crippen LogP) is 3.06. The molecule has 0 saturated carbocycles. The van der Waals surface area contributed by atoms with Crippen LogP contribution in [0.3, 0.4) is 0 Å². The minimum Gasteiger partial charge on any atom is -0.490 e. The van der Waals surface area contributed by atoms with Gasteiger partial charge in [-0.1, -0.05) is 26.0 Å². The minimum absolute atomic E-state index is 0.705. The molecule has 1 nitrogen and oxygen atoms in total. The Hall–Kier alpha value is -0.980. The van der Waals surface area contributed by atoms with Gasteiger partial charge < -0.3 is 4.74 Å². The maximum absolute atomic E-state index is 4.82. The van der Waals surface area contributed by atoms with Crippen molar-refractivity contribution in [2.24, 2.45) is 5.92 Å². The molecule has 0 bridgehead atoms. The molecule has 0 heterocycles. The number of ether oxygens (including phenoxy) is 1. The lowest BCUT2D eigenvalue weighted by Crippen LogP contribution is -1.93. The molecule has 0 saturated heterocycles. The molecule has 0 spiro atoms. The predicted molar refractivity (Wildman–Crippen MR) is 51.0 cm³/mol. The van der Waals surface area contributed by atoms with Crippen LogP contribution in [0.25, 0.3) is 0 Å². The summed E-state index contributed by atoms with van der Waals surface area (Å²) in [6, 6.07) is 8.07. The standard InChI is InChI=1S/C11H15O/c1-9(2)8-10-4-6-11(12-3)7-5-10/h4-7,9H,3,8H2,1-2H3. The molecule has 0 N–H and O–H groups in total. The van der Waals surface area contributed by atoms with Crippen LogP contribution in [0.4, 0.5) is 0 Å². The highest BCUT2D eigenvalue weighted by molar-refractivity contribution is 5.27. The lowest BCUT2D eigenvalue weighted by Gasteiger charge is -2.05. The summed E-state index contributed by atoms with van der Waals surface area (Å²) in [5.41, 5.74) is 1.35. The Balaban J connectivity index is 2.65. The van der Waals surface area contributed by atoms with E-state index in [0.29, 0.717) is 5.92 Å². The Morgan fingerprint density at radius 1 is 1.25 bits per heavy atom. The van der Waals surface area contributed by atoms with Gasteiger partial charge in [-0.2, -0.15) is 0 Å². The molecule has 0 aliphatic rings. The number of hydrogen-bond donors (Lipinski definition) is 0. The van der Waals surface area contributed by atoms with Gasteiger partial charge in [-0.05, 0) is 30.0 Å². The van der Waals surface area contributed by atoms with Gasteiger partial charge in [-0.15, -0.1) is 0 Å². The Labute approximate surface area is 74.4 Å². The van der Waals surface area contributed by atoms with E-state index in [0.717, 1.165) is 12.2 Å². The third-order valence-electron chi connectivity index (χ3n) is 1.73. The SMILES string of the molecule is [CH2]Oc1ccc(CC(C)C)cc1. The molecular weight excluding hydrogens is 148 g/mol. The van der Waals surface area contributed by atoms with E-state index in [9.17, 15) is 0 Å². The van der Waals surface area contributed by atoms with Crippen molar-refractivity contribution in [3.8, 4) is 5.75 Å². The van der Waals surface area contributed by atoms with Gasteiger partial charge in [0.15, 0.2) is 0 Å². The van der Waals surface area contributed by atoms with Crippen molar-refractivity contribution in [3.05, 3.63) is 36.9 Å². The largest absolute Gasteiger partial charge is 0.490 e. The molecule has 1 heteroatoms. The van der Waals surface area contributed by atoms with Crippen LogP contribution in [-0.4, -0.2) is 0 Å². The third-order valence-corrected chi connectivity index (χ3v) is 1.73. The zero-order valence-corrected chi connectivity index (χ0v) is 7.71. The van der Waals surface area contributed by atoms with E-state index in [1.54, 1.807) is 0 Å². The van der Waals surface area contributed by atoms with Crippen LogP contribution in [0.1, 0.15) is 19.4 Å². The molecule has 0 amide bonds. The van der Waals surface area contributed by atoms with Crippen molar-refractivity contribution >= 4 is 0 Å². The van der Waals surface area contributed by atoms with Crippen molar-refractivity contribution < 1.29 is 4.74 Å². The van der Waals surface area contributed by atoms with E-state index in [4.69, 9.17) is 4.74 Å². The molecular formula is C11H15O. The van der Waals surface area contributed by atoms with Gasteiger partial charge in [0.05, 0.1) is 0 Å². The summed E-state index contributed by atoms with van der Waals surface area (Å²) >= 11 is 0. The van der Waals surface area contributed by atoms with Gasteiger partial charge in [0.1, 0.15) is 12.9 Å². The van der Waals surface area contributed by atoms with Crippen LogP contribution < -0.4 is 4.74 Å². The highest BCUT2D eigenvalue weighted by Gasteiger charge is 1.97. The van der Waals surface area contributed by atoms with Crippen LogP contribution in [-0.2, 0) is 6.42 Å². The zero-order valence-electron chi connectivity index (χ0n) is 7.71. The molecule has 12 heavy (non-hydrogen) atoms. The van der Waals surface area contributed by atoms with Gasteiger partial charge in [0.2, 0.25) is 0 Å². The Kier molecular flexibility index (Phi) is 3.15. The Morgan fingerprint density at radius 2 is 1.83 bits per heavy atom. The Bertz CT molecular complexity index is 223. The molecule has 0 aromatic heterocycles. The first-order valence-electron chi connectivity index (χ1n) is 4.23. The van der Waals surface area contributed by atoms with E-state index >= 15 is 0 Å². The van der Waals surface area contributed by atoms with Crippen molar-refractivity contribution in [1.29, 1.82) is 0 Å². The fourth-order valence-corrected chi connectivity index (χ4v) is 1.19. The molecule has 1 radical (unpaired) electrons. The zero-order chi connectivity index (χ0) is 8.97. The van der Waals surface area contributed by atoms with Crippen molar-refractivity contribution in [2.75, 3.05) is 0 Å². The van der Waals surface area contributed by atoms with Crippen LogP contribution in [0.15, 0.2) is 24.3 Å². The maximum Gasteiger partial charge on any atom is 0.122 e. The van der Waals surface area contributed by atoms with Gasteiger partial charge in [-0.25, -0.2) is 0 Å². The molecule has 1 rings (SSSR count). The van der Waals surface area contributed by atoms with E-state index in [-0.39, 0.29) is 0 Å². The third kappa shape index (κ3) is 2.57. The molecule has 1 aromatic carbocycles. The minimum atomic E-state index is 0.705. The highest BCUT2D eigenvalue weighted by Crippen LogP contribution is 2.14. The van der Waals surface area contributed by atoms with Crippen molar-refractivity contribution in [3.63, 3.8) is 0 Å². The first kappa shape index (κ1) is 9.11. The van der Waals surface area contributed by atoms with E-state index in [2.05, 4.69) is 33.1 Å². The van der Waals surface area contributed by atoms with Crippen LogP contribution in [0, 0.1) is 13.0 Å². The summed E-state index contributed by atoms with van der Waals surface area (Å²) in [4.78, 5) is 0. The summed E-state index contributed by atoms with van der Waals surface area (Å²) in [6.45, 7) is 4.43. The van der Waals surface area contributed by atoms with Gasteiger partial charge in [-0.3, -0.25) is 0 Å². The maximum atomic E-state index is 4.82. The summed E-state index contributed by atoms with van der Waals surface area (Å²) in [5, 5.41) is 0. The fraction of sp³-hybridized carbons (Fsp3) is 0.364. The average molecular weight is 163 g/mol. The molecule has 0 unspecified atom stereocenters. The summed E-state index contributed by atoms with van der Waals surface area (Å²) < 4.78 is 4.82. The lowest BCUT2D eigenvalue weighted by atomic mass is 10.0. The van der Waals surface area contributed by atoms with Crippen molar-refractivity contribution in [1.82, 2.24) is 0 Å². The first-order chi connectivity index (χ1) is 5.72. The molecule has 1 aromatic rings. The molecule has 0 aliphatic heterocycles. The number of rotatable bonds is 3. The second kappa shape index (κ2) is 4.15. The van der Waals surface area contributed by atoms with E-state index in [1.807, 2.05) is 12.1 Å². The fourth-order valence-electron chi connectivity index (χ4n) is 1.19. The van der Waals surface area contributed by atoms with E-state index < -0.39 is 0 Å². The van der Waals surface area contributed by atoms with Crippen LogP contribution in [0.2, 0.25) is 0 Å². The van der Waals surface area contributed by atoms with Crippen LogP contribution >= 0.6 is 0 Å². The Morgan fingerprint density at radius 3 is 2.25 bits per heavy atom. The first-order valence-corrected chi connectivity index (χ1v) is 4.23. The quantitative estimate of drug-likeness (QED) is 0.665. The lowest BCUT2D eigenvalue weighted by molar-refractivity contribution is 0.472. The topological polar surface area (TPSA) is 9.23 Å². The van der Waals surface area contributed by atoms with Gasteiger partial charge in [0, 0.05) is 0 Å². The smallest absolute Gasteiger partial charge is 0.122 e. The average Bonchev–Trinajstić information content (AvgIpc) is 2.05. The van der Waals surface area contributed by atoms with E-state index in [1.165, 1.54) is 5.56 Å². The summed E-state index contributed by atoms with van der Waals surface area (Å²) in [6.07, 6.45) is 1.12. The number of hydrogen-bond acceptors (Lipinski definition) is 1. The van der Waals surface area contributed by atoms with Gasteiger partial charge in [0.25, 0.3) is 0 Å². The molecule has 0 fully saturated rings. The van der Waals surface area contributed by atoms with Gasteiger partial charge >= 0.3 is 0 Å². The molecule has 0 aliphatic carbocycles. The summed E-state index contributed by atoms with van der Waals surface area (Å²) in [7, 11) is 3.35. The highest BCUT2D eigenvalue weighted by atomic mass is 16.5. The second-order valence-electron chi connectivity index (χ2n) is 3.39. The monoisotopic (exact) mass is 163 g/mol. The summed E-state index contributed by atoms with van der Waals surface area (Å²) in [5.74, 6) is 1.53. The molecule has 65 valence electrons. The molecule has 0 atom stereocenters. The van der Waals surface area contributed by atoms with Crippen molar-refractivity contribution in [2.45, 2.75) is 20.3 Å². The number of benzene rings is 1.